The van der Waals surface area contributed by atoms with Crippen molar-refractivity contribution in [2.45, 2.75) is 110 Å². The number of carbonyl (C=O) groups is 2. The van der Waals surface area contributed by atoms with E-state index in [1.54, 1.807) is 17.3 Å². The molecule has 1 aromatic carbocycles. The Kier molecular flexibility index (Phi) is 12.1. The van der Waals surface area contributed by atoms with Gasteiger partial charge in [-0.2, -0.15) is 10.2 Å². The zero-order valence-electron chi connectivity index (χ0n) is 29.4. The Morgan fingerprint density at radius 2 is 1.32 bits per heavy atom. The van der Waals surface area contributed by atoms with E-state index in [1.807, 2.05) is 93.3 Å². The Bertz CT molecular complexity index is 1370. The molecule has 12 heteroatoms. The Hall–Kier alpha value is -3.90. The zero-order chi connectivity index (χ0) is 34.2. The first kappa shape index (κ1) is 35.9. The molecule has 0 unspecified atom stereocenters. The van der Waals surface area contributed by atoms with Crippen molar-refractivity contribution in [1.82, 2.24) is 39.6 Å². The van der Waals surface area contributed by atoms with Gasteiger partial charge in [0.25, 0.3) is 0 Å². The van der Waals surface area contributed by atoms with Crippen molar-refractivity contribution in [2.24, 2.45) is 0 Å². The van der Waals surface area contributed by atoms with Crippen LogP contribution in [0.5, 0.6) is 0 Å². The normalized spacial score (nSPS) is 22.3. The monoisotopic (exact) mass is 650 g/mol. The summed E-state index contributed by atoms with van der Waals surface area (Å²) in [5.74, 6) is 0. The second-order valence-corrected chi connectivity index (χ2v) is 14.6. The van der Waals surface area contributed by atoms with E-state index in [0.29, 0.717) is 13.1 Å². The van der Waals surface area contributed by atoms with Crippen LogP contribution in [0, 0.1) is 0 Å². The molecule has 3 aromatic rings. The molecule has 2 amide bonds. The maximum Gasteiger partial charge on any atom is 0.410 e. The lowest BCUT2D eigenvalue weighted by molar-refractivity contribution is -0.0177. The summed E-state index contributed by atoms with van der Waals surface area (Å²) < 4.78 is 14.9. The van der Waals surface area contributed by atoms with E-state index < -0.39 is 11.2 Å². The number of hydrogen-bond acceptors (Lipinski definition) is 8. The van der Waals surface area contributed by atoms with Crippen molar-refractivity contribution >= 4 is 12.2 Å². The number of nitrogens with zero attached hydrogens (tertiary/aromatic N) is 7. The van der Waals surface area contributed by atoms with E-state index in [1.165, 1.54) is 5.56 Å². The first-order chi connectivity index (χ1) is 22.2. The number of amides is 2. The third kappa shape index (κ3) is 11.4. The van der Waals surface area contributed by atoms with Crippen LogP contribution in [0.1, 0.15) is 61.0 Å². The van der Waals surface area contributed by atoms with Gasteiger partial charge >= 0.3 is 12.2 Å². The van der Waals surface area contributed by atoms with Crippen LogP contribution >= 0.6 is 0 Å². The number of aromatic nitrogens is 4. The molecule has 0 radical (unpaired) electrons. The molecular weight excluding hydrogens is 596 g/mol. The second-order valence-electron chi connectivity index (χ2n) is 14.6. The molecular formula is C35H54N8O4. The van der Waals surface area contributed by atoms with Gasteiger partial charge in [0.1, 0.15) is 11.2 Å². The smallest absolute Gasteiger partial charge is 0.410 e. The summed E-state index contributed by atoms with van der Waals surface area (Å²) in [6, 6.07) is 14.9. The van der Waals surface area contributed by atoms with E-state index in [9.17, 15) is 9.59 Å². The van der Waals surface area contributed by atoms with E-state index in [-0.39, 0.29) is 36.4 Å². The van der Waals surface area contributed by atoms with Gasteiger partial charge in [-0.25, -0.2) is 9.59 Å². The van der Waals surface area contributed by atoms with Gasteiger partial charge < -0.3 is 24.6 Å². The number of nitrogens with one attached hydrogen (secondary N) is 1. The van der Waals surface area contributed by atoms with Gasteiger partial charge in [0, 0.05) is 81.7 Å². The lowest BCUT2D eigenvalue weighted by Gasteiger charge is -2.45. The predicted molar refractivity (Wildman–Crippen MR) is 182 cm³/mol. The number of ether oxygens (including phenoxy) is 2. The highest BCUT2D eigenvalue weighted by atomic mass is 16.6. The van der Waals surface area contributed by atoms with Crippen molar-refractivity contribution in [3.8, 4) is 0 Å². The number of carbonyl (C=O) groups excluding carboxylic acids is 2. The van der Waals surface area contributed by atoms with Gasteiger partial charge in [0.15, 0.2) is 0 Å². The molecule has 2 aliphatic rings. The molecule has 0 spiro atoms. The molecule has 0 saturated carbocycles. The molecule has 47 heavy (non-hydrogen) atoms. The maximum atomic E-state index is 12.7. The molecule has 5 rings (SSSR count). The quantitative estimate of drug-likeness (QED) is 0.403. The minimum Gasteiger partial charge on any atom is -0.444 e. The van der Waals surface area contributed by atoms with Crippen molar-refractivity contribution in [3.63, 3.8) is 0 Å². The average molecular weight is 651 g/mol. The summed E-state index contributed by atoms with van der Waals surface area (Å²) in [7, 11) is 0. The lowest BCUT2D eigenvalue weighted by atomic mass is 10.1. The largest absolute Gasteiger partial charge is 0.444 e. The Labute approximate surface area is 280 Å². The molecule has 2 saturated heterocycles. The minimum atomic E-state index is -0.491. The van der Waals surface area contributed by atoms with Gasteiger partial charge in [0.2, 0.25) is 0 Å². The first-order valence-corrected chi connectivity index (χ1v) is 16.6. The highest BCUT2D eigenvalue weighted by molar-refractivity contribution is 5.69. The van der Waals surface area contributed by atoms with E-state index >= 15 is 0 Å². The van der Waals surface area contributed by atoms with Gasteiger partial charge in [-0.05, 0) is 73.1 Å². The van der Waals surface area contributed by atoms with Crippen LogP contribution < -0.4 is 5.32 Å². The van der Waals surface area contributed by atoms with Crippen molar-refractivity contribution in [2.75, 3.05) is 26.2 Å². The fraction of sp³-hybridized carbons (Fsp3) is 0.600. The highest BCUT2D eigenvalue weighted by Gasteiger charge is 2.36. The van der Waals surface area contributed by atoms with E-state index in [2.05, 4.69) is 51.6 Å². The predicted octanol–water partition coefficient (Wildman–Crippen LogP) is 4.87. The number of piperazine rings is 2. The summed E-state index contributed by atoms with van der Waals surface area (Å²) in [5, 5.41) is 12.0. The summed E-state index contributed by atoms with van der Waals surface area (Å²) in [4.78, 5) is 31.0. The molecule has 2 aliphatic heterocycles. The van der Waals surface area contributed by atoms with Crippen molar-refractivity contribution < 1.29 is 19.1 Å². The van der Waals surface area contributed by atoms with Crippen LogP contribution in [0.3, 0.4) is 0 Å². The SMILES string of the molecule is C[C@@H]1CN(Cc2ccccc2)[C@@H](Cn2cccn2)CN1C(=O)OC(C)(C)C.C[C@@H]1CN[C@@H](Cn2cccn2)CN1C(=O)OC(C)(C)C. The third-order valence-electron chi connectivity index (χ3n) is 8.01. The van der Waals surface area contributed by atoms with Crippen LogP contribution in [-0.2, 0) is 29.1 Å². The third-order valence-corrected chi connectivity index (χ3v) is 8.01. The molecule has 4 atom stereocenters. The Morgan fingerprint density at radius 3 is 1.85 bits per heavy atom. The highest BCUT2D eigenvalue weighted by Crippen LogP contribution is 2.22. The van der Waals surface area contributed by atoms with Crippen LogP contribution in [0.2, 0.25) is 0 Å². The van der Waals surface area contributed by atoms with Crippen LogP contribution in [0.25, 0.3) is 0 Å². The Morgan fingerprint density at radius 1 is 0.766 bits per heavy atom. The summed E-state index contributed by atoms with van der Waals surface area (Å²) in [6.45, 7) is 20.7. The van der Waals surface area contributed by atoms with Crippen LogP contribution in [0.4, 0.5) is 9.59 Å². The zero-order valence-corrected chi connectivity index (χ0v) is 29.4. The average Bonchev–Trinajstić information content (AvgIpc) is 3.69. The van der Waals surface area contributed by atoms with Crippen LogP contribution in [0.15, 0.2) is 67.3 Å². The maximum absolute atomic E-state index is 12.7. The number of rotatable bonds is 6. The molecule has 0 bridgehead atoms. The van der Waals surface area contributed by atoms with Crippen molar-refractivity contribution in [3.05, 3.63) is 72.8 Å². The topological polar surface area (TPSA) is 110 Å². The summed E-state index contributed by atoms with van der Waals surface area (Å²) >= 11 is 0. The second kappa shape index (κ2) is 15.8. The molecule has 258 valence electrons. The Balaban J connectivity index is 0.000000223. The molecule has 12 nitrogen and oxygen atoms in total. The fourth-order valence-electron chi connectivity index (χ4n) is 5.75. The first-order valence-electron chi connectivity index (χ1n) is 16.6. The molecule has 0 aliphatic carbocycles. The van der Waals surface area contributed by atoms with E-state index in [0.717, 1.165) is 32.7 Å². The van der Waals surface area contributed by atoms with Gasteiger partial charge in [0.05, 0.1) is 13.1 Å². The van der Waals surface area contributed by atoms with E-state index in [4.69, 9.17) is 9.47 Å². The molecule has 2 aromatic heterocycles. The molecule has 4 heterocycles. The molecule has 2 fully saturated rings. The number of benzene rings is 1. The van der Waals surface area contributed by atoms with Crippen molar-refractivity contribution in [1.29, 1.82) is 0 Å². The van der Waals surface area contributed by atoms with Gasteiger partial charge in [-0.3, -0.25) is 14.3 Å². The van der Waals surface area contributed by atoms with Crippen LogP contribution in [-0.4, -0.2) is 108 Å². The fourth-order valence-corrected chi connectivity index (χ4v) is 5.75. The minimum absolute atomic E-state index is 0.0948. The van der Waals surface area contributed by atoms with Gasteiger partial charge in [-0.15, -0.1) is 0 Å². The number of hydrogen-bond donors (Lipinski definition) is 1. The summed E-state index contributed by atoms with van der Waals surface area (Å²) in [5.41, 5.74) is 0.329. The van der Waals surface area contributed by atoms with Gasteiger partial charge in [-0.1, -0.05) is 30.3 Å². The lowest BCUT2D eigenvalue weighted by Crippen LogP contribution is -2.60. The molecule has 1 N–H and O–H groups in total. The standard InChI is InChI=1S/C21H30N4O2.C14H24N4O2/c1-17-13-23(14-18-9-6-5-7-10-18)19(15-24-12-8-11-22-24)16-25(17)20(26)27-21(2,3)4;1-11-8-15-12(9-17-7-5-6-16-17)10-18(11)13(19)20-14(2,3)4/h5-12,17,19H,13-16H2,1-4H3;5-7,11-12,15H,8-10H2,1-4H3/t17-,19+;11-,12+/m11/s1. The summed E-state index contributed by atoms with van der Waals surface area (Å²) in [6.07, 6.45) is 6.97.